The summed E-state index contributed by atoms with van der Waals surface area (Å²) in [6, 6.07) is 1.69. The first kappa shape index (κ1) is 11.7. The van der Waals surface area contributed by atoms with Gasteiger partial charge in [0.05, 0.1) is 11.8 Å². The molecule has 0 spiro atoms. The van der Waals surface area contributed by atoms with Crippen LogP contribution in [0.3, 0.4) is 0 Å². The normalized spacial score (nSPS) is 25.6. The molecule has 0 bridgehead atoms. The van der Waals surface area contributed by atoms with Crippen LogP contribution in [0.1, 0.15) is 49.4 Å². The molecule has 1 heterocycles. The molecule has 0 saturated heterocycles. The SMILES string of the molecule is CCC1CCCCC1C(=O)c1ccoc1Cl. The largest absolute Gasteiger partial charge is 0.452 e. The van der Waals surface area contributed by atoms with Crippen LogP contribution in [0.5, 0.6) is 0 Å². The van der Waals surface area contributed by atoms with E-state index in [0.29, 0.717) is 11.5 Å². The molecule has 0 N–H and O–H groups in total. The third-order valence-electron chi connectivity index (χ3n) is 3.65. The fourth-order valence-electron chi connectivity index (χ4n) is 2.71. The van der Waals surface area contributed by atoms with E-state index >= 15 is 0 Å². The minimum Gasteiger partial charge on any atom is -0.452 e. The van der Waals surface area contributed by atoms with Gasteiger partial charge in [0.15, 0.2) is 5.78 Å². The van der Waals surface area contributed by atoms with Gasteiger partial charge >= 0.3 is 0 Å². The molecule has 0 aromatic carbocycles. The maximum Gasteiger partial charge on any atom is 0.203 e. The number of hydrogen-bond donors (Lipinski definition) is 0. The zero-order chi connectivity index (χ0) is 11.5. The Balaban J connectivity index is 2.17. The Morgan fingerprint density at radius 1 is 1.50 bits per heavy atom. The molecule has 1 aromatic rings. The molecule has 0 amide bonds. The van der Waals surface area contributed by atoms with Crippen LogP contribution in [0, 0.1) is 11.8 Å². The summed E-state index contributed by atoms with van der Waals surface area (Å²) in [5.41, 5.74) is 0.562. The standard InChI is InChI=1S/C13H17ClO2/c1-2-9-5-3-4-6-10(9)12(15)11-7-8-16-13(11)14/h7-10H,2-6H2,1H3. The molecule has 0 aliphatic heterocycles. The van der Waals surface area contributed by atoms with E-state index in [-0.39, 0.29) is 16.9 Å². The van der Waals surface area contributed by atoms with E-state index in [0.717, 1.165) is 19.3 Å². The van der Waals surface area contributed by atoms with E-state index in [9.17, 15) is 4.79 Å². The number of halogens is 1. The molecule has 2 nitrogen and oxygen atoms in total. The minimum absolute atomic E-state index is 0.147. The van der Waals surface area contributed by atoms with Crippen LogP contribution < -0.4 is 0 Å². The highest BCUT2D eigenvalue weighted by atomic mass is 35.5. The van der Waals surface area contributed by atoms with Crippen LogP contribution in [0.2, 0.25) is 5.22 Å². The molecule has 1 fully saturated rings. The van der Waals surface area contributed by atoms with Crippen molar-refractivity contribution in [3.05, 3.63) is 23.1 Å². The zero-order valence-electron chi connectivity index (χ0n) is 9.54. The van der Waals surface area contributed by atoms with Gasteiger partial charge in [-0.2, -0.15) is 0 Å². The number of carbonyl (C=O) groups is 1. The number of hydrogen-bond acceptors (Lipinski definition) is 2. The van der Waals surface area contributed by atoms with Crippen LogP contribution in [-0.2, 0) is 0 Å². The van der Waals surface area contributed by atoms with Crippen LogP contribution >= 0.6 is 11.6 Å². The third-order valence-corrected chi connectivity index (χ3v) is 3.95. The second-order valence-electron chi connectivity index (χ2n) is 4.53. The predicted octanol–water partition coefficient (Wildman–Crippen LogP) is 4.33. The summed E-state index contributed by atoms with van der Waals surface area (Å²) in [4.78, 5) is 12.3. The van der Waals surface area contributed by atoms with Gasteiger partial charge in [-0.3, -0.25) is 4.79 Å². The molecule has 0 radical (unpaired) electrons. The Bertz CT molecular complexity index is 370. The van der Waals surface area contributed by atoms with E-state index in [1.165, 1.54) is 19.1 Å². The second kappa shape index (κ2) is 5.05. The van der Waals surface area contributed by atoms with E-state index in [1.54, 1.807) is 6.07 Å². The maximum atomic E-state index is 12.3. The monoisotopic (exact) mass is 240 g/mol. The summed E-state index contributed by atoms with van der Waals surface area (Å²) >= 11 is 5.86. The average molecular weight is 241 g/mol. The topological polar surface area (TPSA) is 30.2 Å². The first-order valence-electron chi connectivity index (χ1n) is 6.01. The van der Waals surface area contributed by atoms with Crippen molar-refractivity contribution in [2.24, 2.45) is 11.8 Å². The van der Waals surface area contributed by atoms with Crippen molar-refractivity contribution in [1.82, 2.24) is 0 Å². The van der Waals surface area contributed by atoms with Crippen molar-refractivity contribution >= 4 is 17.4 Å². The number of rotatable bonds is 3. The summed E-state index contributed by atoms with van der Waals surface area (Å²) in [7, 11) is 0. The number of Topliss-reactive ketones (excluding diaryl/α,β-unsaturated/α-hetero) is 1. The van der Waals surface area contributed by atoms with E-state index in [1.807, 2.05) is 0 Å². The van der Waals surface area contributed by atoms with E-state index in [2.05, 4.69) is 6.92 Å². The summed E-state index contributed by atoms with van der Waals surface area (Å²) in [6.07, 6.45) is 7.14. The lowest BCUT2D eigenvalue weighted by Gasteiger charge is -2.29. The average Bonchev–Trinajstić information content (AvgIpc) is 2.74. The Labute approximate surface area is 101 Å². The summed E-state index contributed by atoms with van der Waals surface area (Å²) in [5, 5.41) is 0.241. The first-order valence-corrected chi connectivity index (χ1v) is 6.39. The zero-order valence-corrected chi connectivity index (χ0v) is 10.3. The van der Waals surface area contributed by atoms with E-state index < -0.39 is 0 Å². The molecule has 2 atom stereocenters. The van der Waals surface area contributed by atoms with Crippen molar-refractivity contribution in [2.75, 3.05) is 0 Å². The molecular weight excluding hydrogens is 224 g/mol. The molecule has 1 saturated carbocycles. The van der Waals surface area contributed by atoms with Crippen LogP contribution in [0.15, 0.2) is 16.7 Å². The number of carbonyl (C=O) groups excluding carboxylic acids is 1. The lowest BCUT2D eigenvalue weighted by molar-refractivity contribution is 0.0820. The molecule has 2 rings (SSSR count). The smallest absolute Gasteiger partial charge is 0.203 e. The van der Waals surface area contributed by atoms with Crippen LogP contribution in [-0.4, -0.2) is 5.78 Å². The van der Waals surface area contributed by atoms with Gasteiger partial charge in [-0.05, 0) is 36.4 Å². The Morgan fingerprint density at radius 2 is 2.25 bits per heavy atom. The van der Waals surface area contributed by atoms with Gasteiger partial charge in [-0.15, -0.1) is 0 Å². The third kappa shape index (κ3) is 2.17. The highest BCUT2D eigenvalue weighted by molar-refractivity contribution is 6.32. The van der Waals surface area contributed by atoms with Gasteiger partial charge < -0.3 is 4.42 Å². The summed E-state index contributed by atoms with van der Waals surface area (Å²) < 4.78 is 4.99. The van der Waals surface area contributed by atoms with Gasteiger partial charge in [0.25, 0.3) is 0 Å². The molecule has 3 heteroatoms. The summed E-state index contributed by atoms with van der Waals surface area (Å²) in [5.74, 6) is 0.839. The highest BCUT2D eigenvalue weighted by Crippen LogP contribution is 2.35. The highest BCUT2D eigenvalue weighted by Gasteiger charge is 2.31. The number of ketones is 1. The van der Waals surface area contributed by atoms with Crippen molar-refractivity contribution in [3.8, 4) is 0 Å². The Morgan fingerprint density at radius 3 is 2.88 bits per heavy atom. The van der Waals surface area contributed by atoms with Crippen molar-refractivity contribution in [2.45, 2.75) is 39.0 Å². The predicted molar refractivity (Wildman–Crippen MR) is 63.8 cm³/mol. The van der Waals surface area contributed by atoms with Crippen molar-refractivity contribution in [1.29, 1.82) is 0 Å². The van der Waals surface area contributed by atoms with Gasteiger partial charge in [0.1, 0.15) is 0 Å². The molecule has 1 aliphatic carbocycles. The Hall–Kier alpha value is -0.760. The molecule has 2 unspecified atom stereocenters. The summed E-state index contributed by atoms with van der Waals surface area (Å²) in [6.45, 7) is 2.16. The van der Waals surface area contributed by atoms with Crippen LogP contribution in [0.25, 0.3) is 0 Å². The fourth-order valence-corrected chi connectivity index (χ4v) is 2.92. The number of furan rings is 1. The molecule has 16 heavy (non-hydrogen) atoms. The molecule has 1 aliphatic rings. The van der Waals surface area contributed by atoms with Crippen LogP contribution in [0.4, 0.5) is 0 Å². The van der Waals surface area contributed by atoms with Gasteiger partial charge in [0, 0.05) is 5.92 Å². The molecule has 1 aromatic heterocycles. The lowest BCUT2D eigenvalue weighted by Crippen LogP contribution is -2.26. The second-order valence-corrected chi connectivity index (χ2v) is 4.87. The van der Waals surface area contributed by atoms with Crippen molar-refractivity contribution < 1.29 is 9.21 Å². The molecular formula is C13H17ClO2. The van der Waals surface area contributed by atoms with Gasteiger partial charge in [-0.25, -0.2) is 0 Å². The fraction of sp³-hybridized carbons (Fsp3) is 0.615. The first-order chi connectivity index (χ1) is 7.74. The maximum absolute atomic E-state index is 12.3. The Kier molecular flexibility index (Phi) is 3.70. The molecule has 88 valence electrons. The lowest BCUT2D eigenvalue weighted by atomic mass is 9.74. The quantitative estimate of drug-likeness (QED) is 0.736. The van der Waals surface area contributed by atoms with Gasteiger partial charge in [-0.1, -0.05) is 26.2 Å². The van der Waals surface area contributed by atoms with Crippen molar-refractivity contribution in [3.63, 3.8) is 0 Å². The van der Waals surface area contributed by atoms with E-state index in [4.69, 9.17) is 16.0 Å². The van der Waals surface area contributed by atoms with Gasteiger partial charge in [0.2, 0.25) is 5.22 Å². The minimum atomic E-state index is 0.147.